The van der Waals surface area contributed by atoms with Gasteiger partial charge in [0.25, 0.3) is 5.56 Å². The monoisotopic (exact) mass is 357 g/mol. The summed E-state index contributed by atoms with van der Waals surface area (Å²) < 4.78 is 6.46. The summed E-state index contributed by atoms with van der Waals surface area (Å²) in [6.45, 7) is 5.64. The van der Waals surface area contributed by atoms with Crippen LogP contribution in [0.2, 0.25) is 0 Å². The van der Waals surface area contributed by atoms with E-state index in [1.807, 2.05) is 6.92 Å². The van der Waals surface area contributed by atoms with Crippen molar-refractivity contribution in [2.75, 3.05) is 11.9 Å². The van der Waals surface area contributed by atoms with Gasteiger partial charge in [-0.2, -0.15) is 0 Å². The fraction of sp³-hybridized carbons (Fsp3) is 0.368. The summed E-state index contributed by atoms with van der Waals surface area (Å²) in [4.78, 5) is 40.4. The highest BCUT2D eigenvalue weighted by Crippen LogP contribution is 2.12. The summed E-state index contributed by atoms with van der Waals surface area (Å²) in [6.07, 6.45) is 1.75. The summed E-state index contributed by atoms with van der Waals surface area (Å²) in [5.41, 5.74) is 1.16. The number of nitrogens with zero attached hydrogens (tertiary/aromatic N) is 2. The lowest BCUT2D eigenvalue weighted by molar-refractivity contribution is -0.116. The Labute approximate surface area is 152 Å². The van der Waals surface area contributed by atoms with Crippen LogP contribution in [0.4, 0.5) is 5.69 Å². The summed E-state index contributed by atoms with van der Waals surface area (Å²) >= 11 is 0. The molecule has 0 saturated heterocycles. The van der Waals surface area contributed by atoms with E-state index in [0.717, 1.165) is 12.8 Å². The average Bonchev–Trinajstić information content (AvgIpc) is 2.58. The van der Waals surface area contributed by atoms with Gasteiger partial charge < -0.3 is 10.1 Å². The molecule has 0 bridgehead atoms. The van der Waals surface area contributed by atoms with Crippen LogP contribution in [0.25, 0.3) is 0 Å². The van der Waals surface area contributed by atoms with E-state index in [0.29, 0.717) is 29.4 Å². The van der Waals surface area contributed by atoms with E-state index in [-0.39, 0.29) is 18.0 Å². The minimum atomic E-state index is -0.427. The number of carbonyl (C=O) groups excluding carboxylic acids is 2. The van der Waals surface area contributed by atoms with Crippen molar-refractivity contribution in [3.05, 3.63) is 57.8 Å². The molecular formula is C19H23N3O4. The highest BCUT2D eigenvalue weighted by Gasteiger charge is 2.11. The highest BCUT2D eigenvalue weighted by atomic mass is 16.5. The third-order valence-electron chi connectivity index (χ3n) is 3.74. The molecule has 0 unspecified atom stereocenters. The van der Waals surface area contributed by atoms with Crippen LogP contribution in [0.15, 0.2) is 35.1 Å². The fourth-order valence-corrected chi connectivity index (χ4v) is 2.42. The van der Waals surface area contributed by atoms with Crippen molar-refractivity contribution in [3.8, 4) is 0 Å². The van der Waals surface area contributed by atoms with E-state index in [9.17, 15) is 14.4 Å². The van der Waals surface area contributed by atoms with Gasteiger partial charge in [0.2, 0.25) is 5.91 Å². The van der Waals surface area contributed by atoms with Gasteiger partial charge in [-0.3, -0.25) is 14.2 Å². The molecule has 7 heteroatoms. The Bertz CT molecular complexity index is 858. The summed E-state index contributed by atoms with van der Waals surface area (Å²) in [6, 6.07) is 7.89. The number of esters is 1. The van der Waals surface area contributed by atoms with Crippen molar-refractivity contribution in [3.63, 3.8) is 0 Å². The SMILES string of the molecule is CCCCOC(=O)c1cccc(NC(=O)Cn2c(C)nc(C)cc2=O)c1. The predicted octanol–water partition coefficient (Wildman–Crippen LogP) is 2.46. The van der Waals surface area contributed by atoms with Crippen LogP contribution in [-0.4, -0.2) is 28.0 Å². The van der Waals surface area contributed by atoms with Gasteiger partial charge in [0.05, 0.1) is 12.2 Å². The normalized spacial score (nSPS) is 10.4. The van der Waals surface area contributed by atoms with Crippen LogP contribution < -0.4 is 10.9 Å². The molecule has 26 heavy (non-hydrogen) atoms. The number of benzene rings is 1. The minimum Gasteiger partial charge on any atom is -0.462 e. The molecule has 0 spiro atoms. The number of unbranched alkanes of at least 4 members (excludes halogenated alkanes) is 1. The van der Waals surface area contributed by atoms with Crippen LogP contribution in [0.1, 0.15) is 41.6 Å². The third kappa shape index (κ3) is 5.27. The molecule has 7 nitrogen and oxygen atoms in total. The van der Waals surface area contributed by atoms with Gasteiger partial charge in [-0.25, -0.2) is 9.78 Å². The number of rotatable bonds is 7. The van der Waals surface area contributed by atoms with Crippen LogP contribution >= 0.6 is 0 Å². The van der Waals surface area contributed by atoms with Gasteiger partial charge in [-0.15, -0.1) is 0 Å². The molecule has 1 heterocycles. The van der Waals surface area contributed by atoms with Crippen LogP contribution in [0.5, 0.6) is 0 Å². The van der Waals surface area contributed by atoms with E-state index >= 15 is 0 Å². The maximum atomic E-state index is 12.2. The molecule has 0 aliphatic rings. The van der Waals surface area contributed by atoms with Crippen molar-refractivity contribution in [2.24, 2.45) is 0 Å². The Morgan fingerprint density at radius 3 is 2.69 bits per heavy atom. The number of ether oxygens (including phenoxy) is 1. The molecule has 1 amide bonds. The van der Waals surface area contributed by atoms with Gasteiger partial charge in [0, 0.05) is 17.4 Å². The Hall–Kier alpha value is -2.96. The molecule has 0 saturated carbocycles. The second-order valence-electron chi connectivity index (χ2n) is 5.99. The Morgan fingerprint density at radius 1 is 1.23 bits per heavy atom. The van der Waals surface area contributed by atoms with E-state index in [1.165, 1.54) is 10.6 Å². The molecule has 2 aromatic rings. The first kappa shape index (κ1) is 19.4. The first-order chi connectivity index (χ1) is 12.4. The standard InChI is InChI=1S/C19H23N3O4/c1-4-5-9-26-19(25)15-7-6-8-16(11-15)21-17(23)12-22-14(3)20-13(2)10-18(22)24/h6-8,10-11H,4-5,9,12H2,1-3H3,(H,21,23). The smallest absolute Gasteiger partial charge is 0.338 e. The molecule has 2 rings (SSSR count). The van der Waals surface area contributed by atoms with E-state index in [2.05, 4.69) is 10.3 Å². The largest absolute Gasteiger partial charge is 0.462 e. The lowest BCUT2D eigenvalue weighted by atomic mass is 10.2. The van der Waals surface area contributed by atoms with Gasteiger partial charge >= 0.3 is 5.97 Å². The Balaban J connectivity index is 2.05. The van der Waals surface area contributed by atoms with Crippen LogP contribution in [0, 0.1) is 13.8 Å². The second-order valence-corrected chi connectivity index (χ2v) is 5.99. The maximum absolute atomic E-state index is 12.2. The zero-order chi connectivity index (χ0) is 19.1. The molecule has 0 aliphatic carbocycles. The Morgan fingerprint density at radius 2 is 2.00 bits per heavy atom. The zero-order valence-electron chi connectivity index (χ0n) is 15.2. The average molecular weight is 357 g/mol. The molecule has 0 fully saturated rings. The lowest BCUT2D eigenvalue weighted by Crippen LogP contribution is -2.30. The van der Waals surface area contributed by atoms with Crippen LogP contribution in [0.3, 0.4) is 0 Å². The molecule has 138 valence electrons. The predicted molar refractivity (Wildman–Crippen MR) is 98.2 cm³/mol. The second kappa shape index (κ2) is 8.94. The van der Waals surface area contributed by atoms with Gasteiger partial charge in [0.1, 0.15) is 12.4 Å². The van der Waals surface area contributed by atoms with Gasteiger partial charge in [0.15, 0.2) is 0 Å². The number of anilines is 1. The molecule has 1 aromatic heterocycles. The number of carbonyl (C=O) groups is 2. The maximum Gasteiger partial charge on any atom is 0.338 e. The quantitative estimate of drug-likeness (QED) is 0.607. The van der Waals surface area contributed by atoms with Crippen molar-refractivity contribution in [2.45, 2.75) is 40.2 Å². The topological polar surface area (TPSA) is 90.3 Å². The molecule has 0 atom stereocenters. The van der Waals surface area contributed by atoms with E-state index in [4.69, 9.17) is 4.74 Å². The molecule has 0 radical (unpaired) electrons. The Kier molecular flexibility index (Phi) is 6.66. The highest BCUT2D eigenvalue weighted by molar-refractivity contribution is 5.94. The van der Waals surface area contributed by atoms with Crippen molar-refractivity contribution in [1.82, 2.24) is 9.55 Å². The van der Waals surface area contributed by atoms with Crippen molar-refractivity contribution < 1.29 is 14.3 Å². The number of hydrogen-bond acceptors (Lipinski definition) is 5. The van der Waals surface area contributed by atoms with E-state index in [1.54, 1.807) is 38.1 Å². The minimum absolute atomic E-state index is 0.150. The number of hydrogen-bond donors (Lipinski definition) is 1. The van der Waals surface area contributed by atoms with E-state index < -0.39 is 5.97 Å². The van der Waals surface area contributed by atoms with Gasteiger partial charge in [-0.1, -0.05) is 19.4 Å². The summed E-state index contributed by atoms with van der Waals surface area (Å²) in [5.74, 6) is -0.333. The molecule has 1 N–H and O–H groups in total. The number of aryl methyl sites for hydroxylation is 2. The van der Waals surface area contributed by atoms with Gasteiger partial charge in [-0.05, 0) is 38.5 Å². The first-order valence-electron chi connectivity index (χ1n) is 8.53. The first-order valence-corrected chi connectivity index (χ1v) is 8.53. The van der Waals surface area contributed by atoms with Crippen LogP contribution in [-0.2, 0) is 16.1 Å². The number of aromatic nitrogens is 2. The fourth-order valence-electron chi connectivity index (χ4n) is 2.42. The van der Waals surface area contributed by atoms with Crippen molar-refractivity contribution in [1.29, 1.82) is 0 Å². The molecular weight excluding hydrogens is 334 g/mol. The lowest BCUT2D eigenvalue weighted by Gasteiger charge is -2.11. The number of amides is 1. The third-order valence-corrected chi connectivity index (χ3v) is 3.74. The molecule has 0 aliphatic heterocycles. The molecule has 1 aromatic carbocycles. The van der Waals surface area contributed by atoms with Crippen molar-refractivity contribution >= 4 is 17.6 Å². The summed E-state index contributed by atoms with van der Waals surface area (Å²) in [5, 5.41) is 2.69. The summed E-state index contributed by atoms with van der Waals surface area (Å²) in [7, 11) is 0. The number of nitrogens with one attached hydrogen (secondary N) is 1. The zero-order valence-corrected chi connectivity index (χ0v) is 15.2.